The van der Waals surface area contributed by atoms with E-state index in [-0.39, 0.29) is 0 Å². The number of rotatable bonds is 5. The van der Waals surface area contributed by atoms with Gasteiger partial charge in [-0.3, -0.25) is 0 Å². The van der Waals surface area contributed by atoms with Crippen LogP contribution in [0.25, 0.3) is 137 Å². The molecule has 4 heteroatoms. The van der Waals surface area contributed by atoms with E-state index >= 15 is 0 Å². The fourth-order valence-corrected chi connectivity index (χ4v) is 10.6. The molecular formula is C61H36N4. The van der Waals surface area contributed by atoms with Crippen molar-refractivity contribution in [3.05, 3.63) is 218 Å². The number of para-hydroxylation sites is 2. The van der Waals surface area contributed by atoms with Gasteiger partial charge in [0.15, 0.2) is 17.5 Å². The third-order valence-electron chi connectivity index (χ3n) is 13.5. The SMILES string of the molecule is c1ccc(-c2ccc(-c3nc(-c4cc5ccc6cccc7c8cccc9ccc%10cccc(c(c4)c5c67)c%10c98)nc(-c4ccc5c(c4)c4ccccc4n5-c4ccccc4)n3)cc2)cc1. The van der Waals surface area contributed by atoms with Gasteiger partial charge < -0.3 is 4.57 Å². The fourth-order valence-electron chi connectivity index (χ4n) is 10.6. The zero-order chi connectivity index (χ0) is 42.6. The van der Waals surface area contributed by atoms with Crippen molar-refractivity contribution >= 4 is 86.4 Å². The van der Waals surface area contributed by atoms with Crippen molar-refractivity contribution in [1.82, 2.24) is 19.5 Å². The zero-order valence-corrected chi connectivity index (χ0v) is 35.1. The van der Waals surface area contributed by atoms with Crippen molar-refractivity contribution in [1.29, 1.82) is 0 Å². The standard InChI is InChI=1S/C61H36N4/c1-3-12-37(13-4-1)38-24-29-42(30-25-38)59-62-60(44-32-33-54-51(35-44)47-19-7-8-23-53(47)65(54)46-17-5-2-6-18-46)64-61(63-59)45-34-43-31-28-41-15-10-21-49-48-20-9-14-39-26-27-40-16-11-22-50(57(40)55(39)48)52(36-45)58(43)56(41)49/h1-36H. The molecule has 14 rings (SSSR count). The van der Waals surface area contributed by atoms with Gasteiger partial charge in [-0.2, -0.15) is 0 Å². The molecule has 0 aliphatic heterocycles. The summed E-state index contributed by atoms with van der Waals surface area (Å²) in [4.78, 5) is 16.1. The summed E-state index contributed by atoms with van der Waals surface area (Å²) < 4.78 is 2.34. The molecule has 0 fully saturated rings. The number of hydrogen-bond acceptors (Lipinski definition) is 3. The first-order valence-electron chi connectivity index (χ1n) is 22.2. The van der Waals surface area contributed by atoms with Gasteiger partial charge in [-0.1, -0.05) is 170 Å². The highest BCUT2D eigenvalue weighted by atomic mass is 15.0. The molecule has 0 bridgehead atoms. The third-order valence-corrected chi connectivity index (χ3v) is 13.5. The molecule has 0 aliphatic carbocycles. The van der Waals surface area contributed by atoms with E-state index in [1.54, 1.807) is 0 Å². The Hall–Kier alpha value is -8.73. The Morgan fingerprint density at radius 3 is 1.35 bits per heavy atom. The molecule has 65 heavy (non-hydrogen) atoms. The van der Waals surface area contributed by atoms with Gasteiger partial charge in [0.2, 0.25) is 0 Å². The number of aromatic nitrogens is 4. The van der Waals surface area contributed by atoms with E-state index in [9.17, 15) is 0 Å². The maximum atomic E-state index is 5.41. The maximum absolute atomic E-state index is 5.41. The molecule has 0 amide bonds. The minimum absolute atomic E-state index is 0.625. The molecule has 0 saturated heterocycles. The number of fused-ring (bicyclic) bond motifs is 5. The van der Waals surface area contributed by atoms with Gasteiger partial charge in [-0.25, -0.2) is 15.0 Å². The average Bonchev–Trinajstić information content (AvgIpc) is 3.71. The van der Waals surface area contributed by atoms with E-state index in [4.69, 9.17) is 15.0 Å². The lowest BCUT2D eigenvalue weighted by atomic mass is 9.87. The van der Waals surface area contributed by atoms with Crippen LogP contribution >= 0.6 is 0 Å². The molecule has 14 aromatic rings. The molecule has 0 aliphatic rings. The maximum Gasteiger partial charge on any atom is 0.164 e. The van der Waals surface area contributed by atoms with E-state index in [2.05, 4.69) is 217 Å². The third kappa shape index (κ3) is 5.47. The molecule has 0 N–H and O–H groups in total. The van der Waals surface area contributed by atoms with Gasteiger partial charge in [0.1, 0.15) is 0 Å². The van der Waals surface area contributed by atoms with Gasteiger partial charge in [0.25, 0.3) is 0 Å². The van der Waals surface area contributed by atoms with Crippen LogP contribution in [0.4, 0.5) is 0 Å². The number of hydrogen-bond donors (Lipinski definition) is 0. The van der Waals surface area contributed by atoms with E-state index < -0.39 is 0 Å². The van der Waals surface area contributed by atoms with Crippen LogP contribution in [0, 0.1) is 0 Å². The molecule has 0 unspecified atom stereocenters. The molecule has 0 spiro atoms. The van der Waals surface area contributed by atoms with Crippen LogP contribution in [0.1, 0.15) is 0 Å². The van der Waals surface area contributed by atoms with Crippen LogP contribution in [-0.4, -0.2) is 19.5 Å². The van der Waals surface area contributed by atoms with Crippen molar-refractivity contribution in [2.24, 2.45) is 0 Å². The molecule has 0 radical (unpaired) electrons. The van der Waals surface area contributed by atoms with Crippen LogP contribution in [0.5, 0.6) is 0 Å². The monoisotopic (exact) mass is 824 g/mol. The number of benzene rings is 11. The lowest BCUT2D eigenvalue weighted by Gasteiger charge is -2.17. The Morgan fingerprint density at radius 1 is 0.246 bits per heavy atom. The first-order chi connectivity index (χ1) is 32.2. The Bertz CT molecular complexity index is 4200. The Balaban J connectivity index is 1.05. The lowest BCUT2D eigenvalue weighted by Crippen LogP contribution is -2.00. The van der Waals surface area contributed by atoms with Crippen LogP contribution in [0.2, 0.25) is 0 Å². The lowest BCUT2D eigenvalue weighted by molar-refractivity contribution is 1.08. The van der Waals surface area contributed by atoms with Gasteiger partial charge in [-0.05, 0) is 124 Å². The molecule has 12 aromatic carbocycles. The summed E-state index contributed by atoms with van der Waals surface area (Å²) in [6, 6.07) is 78.8. The highest BCUT2D eigenvalue weighted by molar-refractivity contribution is 6.37. The van der Waals surface area contributed by atoms with Crippen LogP contribution in [-0.2, 0) is 0 Å². The van der Waals surface area contributed by atoms with Crippen molar-refractivity contribution < 1.29 is 0 Å². The average molecular weight is 825 g/mol. The van der Waals surface area contributed by atoms with E-state index in [0.717, 1.165) is 49.7 Å². The summed E-state index contributed by atoms with van der Waals surface area (Å²) >= 11 is 0. The van der Waals surface area contributed by atoms with Gasteiger partial charge in [0, 0.05) is 33.2 Å². The first kappa shape index (κ1) is 35.8. The molecule has 300 valence electrons. The molecule has 0 saturated carbocycles. The molecule has 0 atom stereocenters. The van der Waals surface area contributed by atoms with Crippen molar-refractivity contribution in [3.63, 3.8) is 0 Å². The van der Waals surface area contributed by atoms with Crippen molar-refractivity contribution in [2.45, 2.75) is 0 Å². The topological polar surface area (TPSA) is 43.6 Å². The van der Waals surface area contributed by atoms with E-state index in [1.807, 2.05) is 6.07 Å². The molecular weight excluding hydrogens is 789 g/mol. The fraction of sp³-hybridized carbons (Fsp3) is 0. The first-order valence-corrected chi connectivity index (χ1v) is 22.2. The summed E-state index contributed by atoms with van der Waals surface area (Å²) in [6.45, 7) is 0. The minimum atomic E-state index is 0.625. The second-order valence-corrected chi connectivity index (χ2v) is 17.1. The quantitative estimate of drug-likeness (QED) is 0.162. The second-order valence-electron chi connectivity index (χ2n) is 17.1. The highest BCUT2D eigenvalue weighted by Gasteiger charge is 2.20. The van der Waals surface area contributed by atoms with E-state index in [1.165, 1.54) is 70.2 Å². The molecule has 2 heterocycles. The Morgan fingerprint density at radius 2 is 0.692 bits per heavy atom. The van der Waals surface area contributed by atoms with Gasteiger partial charge >= 0.3 is 0 Å². The van der Waals surface area contributed by atoms with Crippen molar-refractivity contribution in [3.8, 4) is 51.0 Å². The zero-order valence-electron chi connectivity index (χ0n) is 35.1. The van der Waals surface area contributed by atoms with Crippen LogP contribution in [0.3, 0.4) is 0 Å². The van der Waals surface area contributed by atoms with E-state index in [0.29, 0.717) is 17.5 Å². The summed E-state index contributed by atoms with van der Waals surface area (Å²) in [6.07, 6.45) is 0. The highest BCUT2D eigenvalue weighted by Crippen LogP contribution is 2.45. The Labute approximate surface area is 373 Å². The Kier molecular flexibility index (Phi) is 7.65. The molecule has 2 aromatic heterocycles. The minimum Gasteiger partial charge on any atom is -0.309 e. The predicted molar refractivity (Wildman–Crippen MR) is 272 cm³/mol. The van der Waals surface area contributed by atoms with Gasteiger partial charge in [-0.15, -0.1) is 0 Å². The van der Waals surface area contributed by atoms with Crippen molar-refractivity contribution in [2.75, 3.05) is 0 Å². The predicted octanol–water partition coefficient (Wildman–Crippen LogP) is 16.0. The number of nitrogens with zero attached hydrogens (tertiary/aromatic N) is 4. The second kappa shape index (κ2) is 13.9. The van der Waals surface area contributed by atoms with Gasteiger partial charge in [0.05, 0.1) is 11.0 Å². The smallest absolute Gasteiger partial charge is 0.164 e. The summed E-state index contributed by atoms with van der Waals surface area (Å²) in [5, 5.41) is 17.1. The molecule has 4 nitrogen and oxygen atoms in total. The summed E-state index contributed by atoms with van der Waals surface area (Å²) in [5.74, 6) is 1.88. The normalized spacial score (nSPS) is 12.0. The summed E-state index contributed by atoms with van der Waals surface area (Å²) in [7, 11) is 0. The van der Waals surface area contributed by atoms with Crippen LogP contribution < -0.4 is 0 Å². The van der Waals surface area contributed by atoms with Crippen LogP contribution in [0.15, 0.2) is 218 Å². The summed E-state index contributed by atoms with van der Waals surface area (Å²) in [5.41, 5.74) is 8.51. The largest absolute Gasteiger partial charge is 0.309 e.